The van der Waals surface area contributed by atoms with Gasteiger partial charge in [-0.15, -0.1) is 0 Å². The van der Waals surface area contributed by atoms with Gasteiger partial charge >= 0.3 is 0 Å². The monoisotopic (exact) mass is 400 g/mol. The molecule has 0 saturated carbocycles. The van der Waals surface area contributed by atoms with Crippen molar-refractivity contribution in [2.45, 2.75) is 24.3 Å². The highest BCUT2D eigenvalue weighted by Crippen LogP contribution is 2.22. The third-order valence-corrected chi connectivity index (χ3v) is 5.75. The Bertz CT molecular complexity index is 1010. The first-order chi connectivity index (χ1) is 13.2. The van der Waals surface area contributed by atoms with Gasteiger partial charge in [-0.3, -0.25) is 19.3 Å². The van der Waals surface area contributed by atoms with E-state index < -0.39 is 21.7 Å². The molecule has 0 spiro atoms. The zero-order valence-corrected chi connectivity index (χ0v) is 16.3. The van der Waals surface area contributed by atoms with Gasteiger partial charge in [0.25, 0.3) is 11.8 Å². The predicted molar refractivity (Wildman–Crippen MR) is 103 cm³/mol. The lowest BCUT2D eigenvalue weighted by Gasteiger charge is -2.17. The van der Waals surface area contributed by atoms with Gasteiger partial charge in [-0.2, -0.15) is 0 Å². The largest absolute Gasteiger partial charge is 0.350 e. The van der Waals surface area contributed by atoms with Crippen molar-refractivity contribution in [3.63, 3.8) is 0 Å². The maximum Gasteiger partial charge on any atom is 0.261 e. The average molecular weight is 400 g/mol. The van der Waals surface area contributed by atoms with Crippen LogP contribution in [0.4, 0.5) is 0 Å². The molecule has 3 amide bonds. The highest BCUT2D eigenvalue weighted by Gasteiger charge is 2.35. The van der Waals surface area contributed by atoms with Crippen LogP contribution in [-0.2, 0) is 14.6 Å². The Hall–Kier alpha value is -3.00. The van der Waals surface area contributed by atoms with Crippen molar-refractivity contribution in [3.8, 4) is 0 Å². The van der Waals surface area contributed by atoms with Crippen LogP contribution in [0, 0.1) is 0 Å². The first-order valence-corrected chi connectivity index (χ1v) is 10.6. The molecule has 28 heavy (non-hydrogen) atoms. The van der Waals surface area contributed by atoms with Gasteiger partial charge in [-0.1, -0.05) is 24.3 Å². The molecule has 3 rings (SSSR count). The minimum atomic E-state index is -3.28. The molecule has 0 bridgehead atoms. The van der Waals surface area contributed by atoms with Crippen molar-refractivity contribution in [2.75, 3.05) is 12.8 Å². The van der Waals surface area contributed by atoms with Crippen LogP contribution in [0.1, 0.15) is 45.7 Å². The molecule has 2 aromatic rings. The zero-order chi connectivity index (χ0) is 20.5. The van der Waals surface area contributed by atoms with Gasteiger partial charge in [-0.05, 0) is 36.8 Å². The summed E-state index contributed by atoms with van der Waals surface area (Å²) in [6.07, 6.45) is 1.11. The first kappa shape index (κ1) is 19.8. The number of nitrogens with zero attached hydrogens (tertiary/aromatic N) is 1. The fourth-order valence-electron chi connectivity index (χ4n) is 3.06. The topological polar surface area (TPSA) is 101 Å². The quantitative estimate of drug-likeness (QED) is 0.747. The van der Waals surface area contributed by atoms with Gasteiger partial charge in [0.15, 0.2) is 9.84 Å². The van der Waals surface area contributed by atoms with Crippen LogP contribution in [-0.4, -0.2) is 43.8 Å². The molecular weight excluding hydrogens is 380 g/mol. The molecule has 2 aromatic carbocycles. The third-order valence-electron chi connectivity index (χ3n) is 4.63. The van der Waals surface area contributed by atoms with Gasteiger partial charge in [0.1, 0.15) is 0 Å². The van der Waals surface area contributed by atoms with E-state index in [2.05, 4.69) is 5.32 Å². The van der Waals surface area contributed by atoms with Crippen molar-refractivity contribution >= 4 is 27.6 Å². The number of carbonyl (C=O) groups excluding carboxylic acids is 3. The molecule has 7 nitrogen and oxygen atoms in total. The summed E-state index contributed by atoms with van der Waals surface area (Å²) in [6, 6.07) is 12.5. The molecule has 1 N–H and O–H groups in total. The smallest absolute Gasteiger partial charge is 0.261 e. The minimum Gasteiger partial charge on any atom is -0.350 e. The standard InChI is InChI=1S/C20H20N2O5S/c1-13(14-7-9-15(10-8-14)28(2,26)27)21-18(23)11-12-22-19(24)16-5-3-4-6-17(16)20(22)25/h3-10,13H,11-12H2,1-2H3,(H,21,23)/t13-/m1/s1. The zero-order valence-electron chi connectivity index (χ0n) is 15.5. The molecule has 0 radical (unpaired) electrons. The van der Waals surface area contributed by atoms with E-state index in [4.69, 9.17) is 0 Å². The molecule has 0 fully saturated rings. The Morgan fingerprint density at radius 3 is 2.04 bits per heavy atom. The molecule has 8 heteroatoms. The molecular formula is C20H20N2O5S. The van der Waals surface area contributed by atoms with Crippen molar-refractivity contribution in [1.82, 2.24) is 10.2 Å². The van der Waals surface area contributed by atoms with E-state index in [0.717, 1.165) is 16.7 Å². The van der Waals surface area contributed by atoms with Gasteiger partial charge in [0, 0.05) is 19.2 Å². The summed E-state index contributed by atoms with van der Waals surface area (Å²) < 4.78 is 23.0. The van der Waals surface area contributed by atoms with Crippen molar-refractivity contribution in [1.29, 1.82) is 0 Å². The Morgan fingerprint density at radius 2 is 1.54 bits per heavy atom. The summed E-state index contributed by atoms with van der Waals surface area (Å²) in [4.78, 5) is 38.1. The van der Waals surface area contributed by atoms with Crippen LogP contribution in [0.2, 0.25) is 0 Å². The number of carbonyl (C=O) groups is 3. The first-order valence-electron chi connectivity index (χ1n) is 8.73. The number of hydrogen-bond donors (Lipinski definition) is 1. The second-order valence-corrected chi connectivity index (χ2v) is 8.70. The molecule has 1 heterocycles. The van der Waals surface area contributed by atoms with Crippen molar-refractivity contribution in [2.24, 2.45) is 0 Å². The van der Waals surface area contributed by atoms with Gasteiger partial charge in [0.05, 0.1) is 22.1 Å². The van der Waals surface area contributed by atoms with E-state index in [-0.39, 0.29) is 29.8 Å². The molecule has 146 valence electrons. The Labute approximate surface area is 163 Å². The fourth-order valence-corrected chi connectivity index (χ4v) is 3.69. The third kappa shape index (κ3) is 3.96. The molecule has 0 aliphatic carbocycles. The molecule has 1 aliphatic rings. The van der Waals surface area contributed by atoms with Crippen LogP contribution < -0.4 is 5.32 Å². The number of nitrogens with one attached hydrogen (secondary N) is 1. The van der Waals surface area contributed by atoms with E-state index >= 15 is 0 Å². The second-order valence-electron chi connectivity index (χ2n) is 6.69. The summed E-state index contributed by atoms with van der Waals surface area (Å²) in [5.41, 5.74) is 1.46. The van der Waals surface area contributed by atoms with Crippen molar-refractivity contribution < 1.29 is 22.8 Å². The molecule has 0 aromatic heterocycles. The SMILES string of the molecule is C[C@@H](NC(=O)CCN1C(=O)c2ccccc2C1=O)c1ccc(S(C)(=O)=O)cc1. The number of amides is 3. The lowest BCUT2D eigenvalue weighted by atomic mass is 10.1. The molecule has 0 unspecified atom stereocenters. The molecule has 1 aliphatic heterocycles. The average Bonchev–Trinajstić information content (AvgIpc) is 2.90. The summed E-state index contributed by atoms with van der Waals surface area (Å²) in [5, 5.41) is 2.79. The number of rotatable bonds is 6. The van der Waals surface area contributed by atoms with E-state index in [9.17, 15) is 22.8 Å². The number of benzene rings is 2. The molecule has 1 atom stereocenters. The number of hydrogen-bond acceptors (Lipinski definition) is 5. The van der Waals surface area contributed by atoms with Gasteiger partial charge in [-0.25, -0.2) is 8.42 Å². The Kier molecular flexibility index (Phi) is 5.33. The normalized spacial score (nSPS) is 14.7. The number of sulfone groups is 1. The van der Waals surface area contributed by atoms with E-state index in [1.54, 1.807) is 43.3 Å². The lowest BCUT2D eigenvalue weighted by Crippen LogP contribution is -2.35. The maximum absolute atomic E-state index is 12.3. The lowest BCUT2D eigenvalue weighted by molar-refractivity contribution is -0.121. The Balaban J connectivity index is 1.58. The summed E-state index contributed by atoms with van der Waals surface area (Å²) in [7, 11) is -3.28. The highest BCUT2D eigenvalue weighted by molar-refractivity contribution is 7.90. The van der Waals surface area contributed by atoms with Crippen LogP contribution >= 0.6 is 0 Å². The van der Waals surface area contributed by atoms with Gasteiger partial charge < -0.3 is 5.32 Å². The van der Waals surface area contributed by atoms with Crippen LogP contribution in [0.15, 0.2) is 53.4 Å². The van der Waals surface area contributed by atoms with Gasteiger partial charge in [0.2, 0.25) is 5.91 Å². The second kappa shape index (κ2) is 7.55. The summed E-state index contributed by atoms with van der Waals surface area (Å²) >= 11 is 0. The van der Waals surface area contributed by atoms with Crippen LogP contribution in [0.5, 0.6) is 0 Å². The van der Waals surface area contributed by atoms with E-state index in [1.165, 1.54) is 12.1 Å². The number of fused-ring (bicyclic) bond motifs is 1. The van der Waals surface area contributed by atoms with Crippen LogP contribution in [0.3, 0.4) is 0 Å². The van der Waals surface area contributed by atoms with Crippen molar-refractivity contribution in [3.05, 3.63) is 65.2 Å². The summed E-state index contributed by atoms with van der Waals surface area (Å²) in [6.45, 7) is 1.77. The molecule has 0 saturated heterocycles. The highest BCUT2D eigenvalue weighted by atomic mass is 32.2. The summed E-state index contributed by atoms with van der Waals surface area (Å²) in [5.74, 6) is -1.09. The van der Waals surface area contributed by atoms with E-state index in [1.807, 2.05) is 0 Å². The predicted octanol–water partition coefficient (Wildman–Crippen LogP) is 1.95. The Morgan fingerprint density at radius 1 is 1.00 bits per heavy atom. The maximum atomic E-state index is 12.3. The minimum absolute atomic E-state index is 0.00207. The van der Waals surface area contributed by atoms with Crippen LogP contribution in [0.25, 0.3) is 0 Å². The fraction of sp³-hybridized carbons (Fsp3) is 0.250. The number of imide groups is 1. The van der Waals surface area contributed by atoms with E-state index in [0.29, 0.717) is 11.1 Å².